The lowest BCUT2D eigenvalue weighted by atomic mass is 10.1. The van der Waals surface area contributed by atoms with E-state index in [9.17, 15) is 4.79 Å². The number of allylic oxidation sites excluding steroid dienone is 3. The quantitative estimate of drug-likeness (QED) is 0.446. The van der Waals surface area contributed by atoms with Crippen molar-refractivity contribution in [3.8, 4) is 0 Å². The van der Waals surface area contributed by atoms with Crippen LogP contribution in [0.15, 0.2) is 45.6 Å². The molecule has 0 saturated heterocycles. The first-order valence-corrected chi connectivity index (χ1v) is 8.85. The Morgan fingerprint density at radius 3 is 2.89 bits per heavy atom. The van der Waals surface area contributed by atoms with Crippen LogP contribution >= 0.6 is 0 Å². The van der Waals surface area contributed by atoms with Gasteiger partial charge in [-0.25, -0.2) is 0 Å². The summed E-state index contributed by atoms with van der Waals surface area (Å²) < 4.78 is 15.8. The molecule has 1 amide bonds. The van der Waals surface area contributed by atoms with E-state index in [1.807, 2.05) is 19.2 Å². The molecule has 0 saturated carbocycles. The summed E-state index contributed by atoms with van der Waals surface area (Å²) in [6, 6.07) is 0. The van der Waals surface area contributed by atoms with E-state index in [4.69, 9.17) is 14.0 Å². The third-order valence-corrected chi connectivity index (χ3v) is 3.84. The minimum Gasteiger partial charge on any atom is -0.492 e. The van der Waals surface area contributed by atoms with Crippen LogP contribution in [0.5, 0.6) is 0 Å². The first-order chi connectivity index (χ1) is 13.2. The van der Waals surface area contributed by atoms with Gasteiger partial charge in [-0.05, 0) is 37.7 Å². The van der Waals surface area contributed by atoms with Gasteiger partial charge in [-0.15, -0.1) is 0 Å². The number of carbonyl (C=O) groups excluding carboxylic acids is 1. The van der Waals surface area contributed by atoms with E-state index < -0.39 is 0 Å². The minimum absolute atomic E-state index is 0.0201. The Hall–Kier alpha value is -2.83. The highest BCUT2D eigenvalue weighted by Gasteiger charge is 2.13. The third kappa shape index (κ3) is 6.77. The summed E-state index contributed by atoms with van der Waals surface area (Å²) in [5.41, 5.74) is 3.93. The van der Waals surface area contributed by atoms with Crippen molar-refractivity contribution >= 4 is 5.91 Å². The highest BCUT2D eigenvalue weighted by molar-refractivity contribution is 5.75. The van der Waals surface area contributed by atoms with E-state index in [0.717, 1.165) is 18.5 Å². The van der Waals surface area contributed by atoms with Crippen molar-refractivity contribution in [3.63, 3.8) is 0 Å². The number of hydrogen-bond acceptors (Lipinski definition) is 7. The monoisotopic (exact) mass is 374 g/mol. The van der Waals surface area contributed by atoms with Crippen LogP contribution in [0.4, 0.5) is 0 Å². The summed E-state index contributed by atoms with van der Waals surface area (Å²) in [4.78, 5) is 16.1. The molecule has 8 nitrogen and oxygen atoms in total. The zero-order valence-electron chi connectivity index (χ0n) is 16.0. The Labute approximate surface area is 159 Å². The van der Waals surface area contributed by atoms with Crippen molar-refractivity contribution in [2.45, 2.75) is 25.7 Å². The fraction of sp³-hybridized carbons (Fsp3) is 0.474. The van der Waals surface area contributed by atoms with Gasteiger partial charge in [-0.2, -0.15) is 4.98 Å². The first-order valence-electron chi connectivity index (χ1n) is 8.85. The molecule has 2 N–H and O–H groups in total. The Bertz CT molecular complexity index is 758. The maximum Gasteiger partial charge on any atom is 0.227 e. The highest BCUT2D eigenvalue weighted by atomic mass is 16.5. The van der Waals surface area contributed by atoms with Crippen molar-refractivity contribution in [1.29, 1.82) is 0 Å². The Balaban J connectivity index is 1.85. The fourth-order valence-corrected chi connectivity index (χ4v) is 2.45. The molecular weight excluding hydrogens is 348 g/mol. The summed E-state index contributed by atoms with van der Waals surface area (Å²) in [5, 5.41) is 9.89. The van der Waals surface area contributed by atoms with Crippen molar-refractivity contribution in [3.05, 3.63) is 52.8 Å². The molecule has 0 radical (unpaired) electrons. The van der Waals surface area contributed by atoms with Gasteiger partial charge < -0.3 is 24.6 Å². The second-order valence-electron chi connectivity index (χ2n) is 5.89. The van der Waals surface area contributed by atoms with Crippen molar-refractivity contribution in [1.82, 2.24) is 20.8 Å². The highest BCUT2D eigenvalue weighted by Crippen LogP contribution is 2.18. The molecule has 1 heterocycles. The predicted molar refractivity (Wildman–Crippen MR) is 99.7 cm³/mol. The number of carbonyl (C=O) groups is 1. The maximum absolute atomic E-state index is 11.8. The molecule has 1 aromatic rings. The van der Waals surface area contributed by atoms with Gasteiger partial charge in [0.1, 0.15) is 0 Å². The van der Waals surface area contributed by atoms with Gasteiger partial charge in [0.25, 0.3) is 0 Å². The fourth-order valence-electron chi connectivity index (χ4n) is 2.45. The number of rotatable bonds is 11. The van der Waals surface area contributed by atoms with Gasteiger partial charge in [0, 0.05) is 25.8 Å². The van der Waals surface area contributed by atoms with Crippen LogP contribution in [0, 0.1) is 0 Å². The van der Waals surface area contributed by atoms with Gasteiger partial charge in [-0.3, -0.25) is 4.79 Å². The lowest BCUT2D eigenvalue weighted by molar-refractivity contribution is -0.121. The van der Waals surface area contributed by atoms with Crippen LogP contribution in [0.2, 0.25) is 0 Å². The average Bonchev–Trinajstić information content (AvgIpc) is 3.02. The number of amides is 1. The van der Waals surface area contributed by atoms with E-state index in [0.29, 0.717) is 49.0 Å². The first kappa shape index (κ1) is 20.5. The molecule has 8 heteroatoms. The van der Waals surface area contributed by atoms with E-state index in [-0.39, 0.29) is 5.91 Å². The van der Waals surface area contributed by atoms with Gasteiger partial charge in [-0.1, -0.05) is 17.0 Å². The van der Waals surface area contributed by atoms with Crippen LogP contribution in [-0.2, 0) is 27.1 Å². The standard InChI is InChI=1S/C19H26N4O4/c1-20-10-5-11-21-18(24)8-9-19-22-17(23-27-19)13-14-6-4-7-15(25-2)16(12-14)26-3/h4,6,12,20H,5,8-11,13H2,1-3H3,(H,21,24). The molecule has 2 rings (SSSR count). The molecule has 1 aliphatic carbocycles. The molecule has 0 aromatic carbocycles. The number of hydrogen-bond donors (Lipinski definition) is 2. The third-order valence-electron chi connectivity index (χ3n) is 3.84. The van der Waals surface area contributed by atoms with E-state index in [2.05, 4.69) is 26.5 Å². The molecule has 1 aliphatic rings. The van der Waals surface area contributed by atoms with Crippen LogP contribution < -0.4 is 10.6 Å². The molecule has 0 bridgehead atoms. The van der Waals surface area contributed by atoms with Crippen LogP contribution in [0.1, 0.15) is 24.6 Å². The SMILES string of the molecule is CNCCCNC(=O)CCc1nc(CC2=CC=C=C(OC)C(OC)=C2)no1. The molecule has 1 aromatic heterocycles. The largest absolute Gasteiger partial charge is 0.492 e. The lowest BCUT2D eigenvalue weighted by Crippen LogP contribution is -2.26. The second kappa shape index (κ2) is 11.0. The number of nitrogens with one attached hydrogen (secondary N) is 2. The molecule has 0 unspecified atom stereocenters. The summed E-state index contributed by atoms with van der Waals surface area (Å²) in [6.07, 6.45) is 7.61. The zero-order valence-corrected chi connectivity index (χ0v) is 16.0. The molecule has 0 aliphatic heterocycles. The molecule has 0 atom stereocenters. The molecule has 146 valence electrons. The van der Waals surface area contributed by atoms with Crippen molar-refractivity contribution in [2.24, 2.45) is 0 Å². The maximum atomic E-state index is 11.8. The van der Waals surface area contributed by atoms with E-state index >= 15 is 0 Å². The van der Waals surface area contributed by atoms with Crippen molar-refractivity contribution in [2.75, 3.05) is 34.4 Å². The summed E-state index contributed by atoms with van der Waals surface area (Å²) >= 11 is 0. The Kier molecular flexibility index (Phi) is 8.35. The predicted octanol–water partition coefficient (Wildman–Crippen LogP) is 1.43. The second-order valence-corrected chi connectivity index (χ2v) is 5.89. The van der Waals surface area contributed by atoms with Crippen LogP contribution in [0.3, 0.4) is 0 Å². The molecule has 27 heavy (non-hydrogen) atoms. The van der Waals surface area contributed by atoms with E-state index in [1.54, 1.807) is 20.3 Å². The molecule has 0 spiro atoms. The number of nitrogens with zero attached hydrogens (tertiary/aromatic N) is 2. The summed E-state index contributed by atoms with van der Waals surface area (Å²) in [6.45, 7) is 1.53. The van der Waals surface area contributed by atoms with Crippen molar-refractivity contribution < 1.29 is 18.8 Å². The van der Waals surface area contributed by atoms with Crippen LogP contribution in [0.25, 0.3) is 0 Å². The minimum atomic E-state index is -0.0201. The number of aryl methyl sites for hydroxylation is 1. The van der Waals surface area contributed by atoms with Gasteiger partial charge >= 0.3 is 0 Å². The average molecular weight is 374 g/mol. The smallest absolute Gasteiger partial charge is 0.227 e. The number of ether oxygens (including phenoxy) is 2. The Morgan fingerprint density at radius 1 is 1.30 bits per heavy atom. The summed E-state index contributed by atoms with van der Waals surface area (Å²) in [5.74, 6) is 2.08. The molecule has 0 fully saturated rings. The molecular formula is C19H26N4O4. The van der Waals surface area contributed by atoms with Crippen LogP contribution in [-0.4, -0.2) is 50.4 Å². The summed E-state index contributed by atoms with van der Waals surface area (Å²) in [7, 11) is 5.03. The Morgan fingerprint density at radius 2 is 2.15 bits per heavy atom. The zero-order chi connectivity index (χ0) is 19.5. The normalized spacial score (nSPS) is 13.4. The number of aromatic nitrogens is 2. The lowest BCUT2D eigenvalue weighted by Gasteiger charge is -2.07. The van der Waals surface area contributed by atoms with Gasteiger partial charge in [0.05, 0.1) is 14.2 Å². The number of methoxy groups -OCH3 is 2. The topological polar surface area (TPSA) is 98.5 Å². The van der Waals surface area contributed by atoms with Gasteiger partial charge in [0.15, 0.2) is 11.6 Å². The van der Waals surface area contributed by atoms with Gasteiger partial charge in [0.2, 0.25) is 17.6 Å². The van der Waals surface area contributed by atoms with E-state index in [1.165, 1.54) is 0 Å².